The number of hydrogen-bond acceptors (Lipinski definition) is 5. The highest BCUT2D eigenvalue weighted by molar-refractivity contribution is 7.07. The summed E-state index contributed by atoms with van der Waals surface area (Å²) in [6.07, 6.45) is 0.822. The van der Waals surface area contributed by atoms with Crippen LogP contribution in [0.5, 0.6) is 0 Å². The second-order valence-corrected chi connectivity index (χ2v) is 5.87. The van der Waals surface area contributed by atoms with E-state index in [9.17, 15) is 9.90 Å². The van der Waals surface area contributed by atoms with E-state index in [0.29, 0.717) is 5.56 Å². The summed E-state index contributed by atoms with van der Waals surface area (Å²) in [4.78, 5) is 16.5. The second kappa shape index (κ2) is 5.86. The zero-order chi connectivity index (χ0) is 15.7. The van der Waals surface area contributed by atoms with Gasteiger partial charge in [-0.1, -0.05) is 0 Å². The first-order chi connectivity index (χ1) is 10.6. The highest BCUT2D eigenvalue weighted by Gasteiger charge is 2.14. The van der Waals surface area contributed by atoms with Gasteiger partial charge in [-0.15, -0.1) is 0 Å². The van der Waals surface area contributed by atoms with Crippen LogP contribution in [0.4, 0.5) is 0 Å². The van der Waals surface area contributed by atoms with Gasteiger partial charge in [0.25, 0.3) is 5.91 Å². The molecule has 1 amide bonds. The fourth-order valence-corrected chi connectivity index (χ4v) is 3.01. The van der Waals surface area contributed by atoms with Gasteiger partial charge in [0.15, 0.2) is 5.65 Å². The summed E-state index contributed by atoms with van der Waals surface area (Å²) >= 11 is 1.51. The zero-order valence-corrected chi connectivity index (χ0v) is 13.1. The van der Waals surface area contributed by atoms with Gasteiger partial charge in [0.2, 0.25) is 0 Å². The van der Waals surface area contributed by atoms with E-state index in [4.69, 9.17) is 0 Å². The maximum absolute atomic E-state index is 12.2. The lowest BCUT2D eigenvalue weighted by molar-refractivity contribution is 0.0916. The minimum absolute atomic E-state index is 0.166. The lowest BCUT2D eigenvalue weighted by Gasteiger charge is -2.10. The van der Waals surface area contributed by atoms with Gasteiger partial charge in [0.1, 0.15) is 0 Å². The molecule has 114 valence electrons. The number of aliphatic hydroxyl groups excluding tert-OH is 1. The van der Waals surface area contributed by atoms with E-state index in [1.165, 1.54) is 17.5 Å². The van der Waals surface area contributed by atoms with Crippen molar-refractivity contribution in [2.45, 2.75) is 13.0 Å². The summed E-state index contributed by atoms with van der Waals surface area (Å²) in [5, 5.41) is 21.6. The molecule has 0 radical (unpaired) electrons. The molecule has 22 heavy (non-hydrogen) atoms. The van der Waals surface area contributed by atoms with Gasteiger partial charge < -0.3 is 10.4 Å². The number of aromatic nitrogens is 3. The number of fused-ring (bicyclic) bond motifs is 1. The molecule has 3 aromatic heterocycles. The summed E-state index contributed by atoms with van der Waals surface area (Å²) in [6.45, 7) is 2.05. The van der Waals surface area contributed by atoms with Crippen molar-refractivity contribution in [3.63, 3.8) is 0 Å². The smallest absolute Gasteiger partial charge is 0.252 e. The Morgan fingerprint density at radius 1 is 1.55 bits per heavy atom. The van der Waals surface area contributed by atoms with E-state index in [1.807, 2.05) is 30.8 Å². The van der Waals surface area contributed by atoms with Gasteiger partial charge in [0.05, 0.1) is 17.4 Å². The van der Waals surface area contributed by atoms with Crippen molar-refractivity contribution in [2.75, 3.05) is 6.54 Å². The lowest BCUT2D eigenvalue weighted by Crippen LogP contribution is -2.28. The Balaban J connectivity index is 1.73. The molecule has 0 saturated carbocycles. The van der Waals surface area contributed by atoms with Gasteiger partial charge in [-0.05, 0) is 35.4 Å². The van der Waals surface area contributed by atoms with E-state index >= 15 is 0 Å². The van der Waals surface area contributed by atoms with Crippen LogP contribution in [-0.2, 0) is 7.05 Å². The van der Waals surface area contributed by atoms with Crippen molar-refractivity contribution >= 4 is 28.3 Å². The number of pyridine rings is 1. The fraction of sp³-hybridized carbons (Fsp3) is 0.267. The number of thiophene rings is 1. The van der Waals surface area contributed by atoms with Crippen LogP contribution >= 0.6 is 11.3 Å². The van der Waals surface area contributed by atoms with Gasteiger partial charge in [0, 0.05) is 25.2 Å². The maximum atomic E-state index is 12.2. The number of aliphatic hydroxyl groups is 1. The minimum Gasteiger partial charge on any atom is -0.387 e. The van der Waals surface area contributed by atoms with Crippen LogP contribution in [0.15, 0.2) is 29.1 Å². The predicted octanol–water partition coefficient (Wildman–Crippen LogP) is 1.80. The molecule has 0 fully saturated rings. The molecule has 3 aromatic rings. The molecule has 0 bridgehead atoms. The number of carbonyl (C=O) groups excluding carboxylic acids is 1. The number of rotatable bonds is 4. The van der Waals surface area contributed by atoms with Gasteiger partial charge in [-0.25, -0.2) is 4.98 Å². The van der Waals surface area contributed by atoms with Crippen LogP contribution < -0.4 is 5.32 Å². The Hall–Kier alpha value is -2.25. The molecule has 1 atom stereocenters. The normalized spacial score (nSPS) is 12.5. The van der Waals surface area contributed by atoms with Gasteiger partial charge in [-0.2, -0.15) is 16.4 Å². The largest absolute Gasteiger partial charge is 0.387 e. The zero-order valence-electron chi connectivity index (χ0n) is 12.3. The molecule has 0 saturated heterocycles. The van der Waals surface area contributed by atoms with Gasteiger partial charge in [-0.3, -0.25) is 9.48 Å². The summed E-state index contributed by atoms with van der Waals surface area (Å²) in [6, 6.07) is 3.62. The number of amides is 1. The summed E-state index contributed by atoms with van der Waals surface area (Å²) in [7, 11) is 1.82. The maximum Gasteiger partial charge on any atom is 0.252 e. The van der Waals surface area contributed by atoms with Crippen molar-refractivity contribution in [1.29, 1.82) is 0 Å². The van der Waals surface area contributed by atoms with E-state index in [1.54, 1.807) is 10.7 Å². The SMILES string of the molecule is Cc1nn(C)c2ncc(C(=O)NCC(O)c3ccsc3)cc12. The van der Waals surface area contributed by atoms with E-state index in [0.717, 1.165) is 22.3 Å². The Morgan fingerprint density at radius 3 is 3.09 bits per heavy atom. The molecule has 0 aliphatic carbocycles. The molecule has 0 aromatic carbocycles. The molecular formula is C15H16N4O2S. The molecule has 2 N–H and O–H groups in total. The average Bonchev–Trinajstić information content (AvgIpc) is 3.14. The number of nitrogens with zero attached hydrogens (tertiary/aromatic N) is 3. The quantitative estimate of drug-likeness (QED) is 0.769. The van der Waals surface area contributed by atoms with Crippen LogP contribution in [0.2, 0.25) is 0 Å². The molecule has 3 heterocycles. The molecular weight excluding hydrogens is 300 g/mol. The van der Waals surface area contributed by atoms with E-state index in [2.05, 4.69) is 15.4 Å². The fourth-order valence-electron chi connectivity index (χ4n) is 2.31. The van der Waals surface area contributed by atoms with Crippen LogP contribution in [-0.4, -0.2) is 32.3 Å². The Morgan fingerprint density at radius 2 is 2.36 bits per heavy atom. The number of hydrogen-bond donors (Lipinski definition) is 2. The second-order valence-electron chi connectivity index (χ2n) is 5.09. The molecule has 7 heteroatoms. The van der Waals surface area contributed by atoms with Crippen LogP contribution in [0, 0.1) is 6.92 Å². The number of nitrogens with one attached hydrogen (secondary N) is 1. The first kappa shape index (κ1) is 14.7. The summed E-state index contributed by atoms with van der Waals surface area (Å²) in [5.41, 5.74) is 2.84. The first-order valence-corrected chi connectivity index (χ1v) is 7.78. The molecule has 0 aliphatic rings. The number of carbonyl (C=O) groups is 1. The molecule has 0 spiro atoms. The Labute approximate surface area is 131 Å². The molecule has 3 rings (SSSR count). The van der Waals surface area contributed by atoms with Crippen molar-refractivity contribution < 1.29 is 9.90 Å². The third-order valence-electron chi connectivity index (χ3n) is 3.51. The first-order valence-electron chi connectivity index (χ1n) is 6.84. The molecule has 6 nitrogen and oxygen atoms in total. The van der Waals surface area contributed by atoms with Crippen molar-refractivity contribution in [3.8, 4) is 0 Å². The van der Waals surface area contributed by atoms with Crippen LogP contribution in [0.1, 0.15) is 27.7 Å². The van der Waals surface area contributed by atoms with Gasteiger partial charge >= 0.3 is 0 Å². The van der Waals surface area contributed by atoms with E-state index < -0.39 is 6.10 Å². The van der Waals surface area contributed by atoms with Crippen molar-refractivity contribution in [1.82, 2.24) is 20.1 Å². The Kier molecular flexibility index (Phi) is 3.91. The van der Waals surface area contributed by atoms with Crippen LogP contribution in [0.25, 0.3) is 11.0 Å². The van der Waals surface area contributed by atoms with Crippen molar-refractivity contribution in [3.05, 3.63) is 45.9 Å². The minimum atomic E-state index is -0.702. The average molecular weight is 316 g/mol. The summed E-state index contributed by atoms with van der Waals surface area (Å²) < 4.78 is 1.69. The highest BCUT2D eigenvalue weighted by Crippen LogP contribution is 2.17. The number of aryl methyl sites for hydroxylation is 2. The monoisotopic (exact) mass is 316 g/mol. The third kappa shape index (κ3) is 2.72. The summed E-state index contributed by atoms with van der Waals surface area (Å²) in [5.74, 6) is -0.257. The highest BCUT2D eigenvalue weighted by atomic mass is 32.1. The lowest BCUT2D eigenvalue weighted by atomic mass is 10.1. The third-order valence-corrected chi connectivity index (χ3v) is 4.21. The Bertz CT molecular complexity index is 810. The predicted molar refractivity (Wildman–Crippen MR) is 84.9 cm³/mol. The van der Waals surface area contributed by atoms with Crippen molar-refractivity contribution in [2.24, 2.45) is 7.05 Å². The van der Waals surface area contributed by atoms with E-state index in [-0.39, 0.29) is 12.5 Å². The topological polar surface area (TPSA) is 80.0 Å². The standard InChI is InChI=1S/C15H16N4O2S/c1-9-12-5-11(6-16-14(12)19(2)18-9)15(21)17-7-13(20)10-3-4-22-8-10/h3-6,8,13,20H,7H2,1-2H3,(H,17,21). The van der Waals surface area contributed by atoms with Crippen LogP contribution in [0.3, 0.4) is 0 Å². The molecule has 1 unspecified atom stereocenters. The molecule has 0 aliphatic heterocycles.